The Balaban J connectivity index is 1.28. The van der Waals surface area contributed by atoms with Crippen molar-refractivity contribution in [2.75, 3.05) is 20.2 Å². The lowest BCUT2D eigenvalue weighted by atomic mass is 9.94. The number of nitrogens with zero attached hydrogens (tertiary/aromatic N) is 2. The number of ether oxygens (including phenoxy) is 1. The van der Waals surface area contributed by atoms with Crippen LogP contribution in [-0.2, 0) is 22.6 Å². The monoisotopic (exact) mass is 420 g/mol. The fraction of sp³-hybridized carbons (Fsp3) is 0.462. The molecule has 0 bridgehead atoms. The normalized spacial score (nSPS) is 16.7. The van der Waals surface area contributed by atoms with E-state index in [0.29, 0.717) is 32.1 Å². The number of likely N-dealkylation sites (tertiary alicyclic amines) is 1. The van der Waals surface area contributed by atoms with Crippen molar-refractivity contribution in [2.45, 2.75) is 51.1 Å². The van der Waals surface area contributed by atoms with Gasteiger partial charge in [-0.25, -0.2) is 0 Å². The summed E-state index contributed by atoms with van der Waals surface area (Å²) in [4.78, 5) is 29.9. The first-order valence-electron chi connectivity index (χ1n) is 11.4. The van der Waals surface area contributed by atoms with Gasteiger partial charge in [0.2, 0.25) is 11.8 Å². The zero-order valence-corrected chi connectivity index (χ0v) is 18.3. The number of aryl methyl sites for hydroxylation is 1. The van der Waals surface area contributed by atoms with E-state index in [9.17, 15) is 9.59 Å². The molecule has 0 unspecified atom stereocenters. The molecule has 0 N–H and O–H groups in total. The van der Waals surface area contributed by atoms with Gasteiger partial charge in [0.25, 0.3) is 0 Å². The Morgan fingerprint density at radius 2 is 1.61 bits per heavy atom. The molecular weight excluding hydrogens is 388 g/mol. The molecule has 5 heteroatoms. The molecule has 1 saturated carbocycles. The molecule has 0 aromatic heterocycles. The van der Waals surface area contributed by atoms with E-state index in [-0.39, 0.29) is 17.7 Å². The van der Waals surface area contributed by atoms with Crippen molar-refractivity contribution in [2.24, 2.45) is 5.92 Å². The third-order valence-electron chi connectivity index (χ3n) is 6.45. The van der Waals surface area contributed by atoms with E-state index in [0.717, 1.165) is 43.4 Å². The van der Waals surface area contributed by atoms with Crippen LogP contribution in [0, 0.1) is 5.92 Å². The van der Waals surface area contributed by atoms with E-state index in [4.69, 9.17) is 4.74 Å². The van der Waals surface area contributed by atoms with Crippen molar-refractivity contribution >= 4 is 11.8 Å². The van der Waals surface area contributed by atoms with Crippen molar-refractivity contribution in [3.05, 3.63) is 65.7 Å². The van der Waals surface area contributed by atoms with Crippen LogP contribution < -0.4 is 4.74 Å². The average molecular weight is 421 g/mol. The summed E-state index contributed by atoms with van der Waals surface area (Å²) in [7, 11) is 1.66. The first-order valence-corrected chi connectivity index (χ1v) is 11.4. The van der Waals surface area contributed by atoms with E-state index in [1.165, 1.54) is 5.56 Å². The molecule has 1 heterocycles. The lowest BCUT2D eigenvalue weighted by Gasteiger charge is -2.34. The zero-order chi connectivity index (χ0) is 21.6. The highest BCUT2D eigenvalue weighted by Crippen LogP contribution is 2.32. The van der Waals surface area contributed by atoms with Gasteiger partial charge >= 0.3 is 0 Å². The fourth-order valence-electron chi connectivity index (χ4n) is 4.37. The van der Waals surface area contributed by atoms with E-state index in [2.05, 4.69) is 17.0 Å². The number of benzene rings is 2. The van der Waals surface area contributed by atoms with Gasteiger partial charge in [0.1, 0.15) is 5.75 Å². The van der Waals surface area contributed by atoms with Crippen molar-refractivity contribution in [3.8, 4) is 5.75 Å². The molecule has 0 spiro atoms. The Bertz CT molecular complexity index is 869. The Kier molecular flexibility index (Phi) is 6.90. The summed E-state index contributed by atoms with van der Waals surface area (Å²) in [6.07, 6.45) is 5.03. The predicted octanol–water partition coefficient (Wildman–Crippen LogP) is 4.06. The molecule has 2 aromatic rings. The molecule has 5 nitrogen and oxygen atoms in total. The number of piperidine rings is 1. The van der Waals surface area contributed by atoms with E-state index >= 15 is 0 Å². The second kappa shape index (κ2) is 9.99. The van der Waals surface area contributed by atoms with Crippen LogP contribution in [0.1, 0.15) is 43.2 Å². The summed E-state index contributed by atoms with van der Waals surface area (Å²) in [5, 5.41) is 0. The topological polar surface area (TPSA) is 49.9 Å². The highest BCUT2D eigenvalue weighted by atomic mass is 16.5. The van der Waals surface area contributed by atoms with Gasteiger partial charge in [-0.15, -0.1) is 0 Å². The number of carbonyl (C=O) groups excluding carboxylic acids is 2. The van der Waals surface area contributed by atoms with Gasteiger partial charge in [-0.2, -0.15) is 0 Å². The minimum absolute atomic E-state index is 0.0250. The molecule has 2 amide bonds. The molecule has 1 aliphatic carbocycles. The maximum atomic E-state index is 13.3. The second-order valence-electron chi connectivity index (χ2n) is 8.69. The van der Waals surface area contributed by atoms with Crippen molar-refractivity contribution in [1.29, 1.82) is 0 Å². The summed E-state index contributed by atoms with van der Waals surface area (Å²) < 4.78 is 5.24. The van der Waals surface area contributed by atoms with Crippen LogP contribution in [0.2, 0.25) is 0 Å². The highest BCUT2D eigenvalue weighted by Gasteiger charge is 2.37. The maximum absolute atomic E-state index is 13.3. The van der Waals surface area contributed by atoms with Crippen molar-refractivity contribution < 1.29 is 14.3 Å². The SMILES string of the molecule is COc1ccc(CN(C(=O)C2CCN(C(=O)CCc3ccccc3)CC2)C2CC2)cc1. The van der Waals surface area contributed by atoms with Crippen LogP contribution in [-0.4, -0.2) is 47.9 Å². The Morgan fingerprint density at radius 3 is 2.23 bits per heavy atom. The van der Waals surface area contributed by atoms with Crippen LogP contribution in [0.3, 0.4) is 0 Å². The van der Waals surface area contributed by atoms with Gasteiger partial charge in [0.05, 0.1) is 7.11 Å². The average Bonchev–Trinajstić information content (AvgIpc) is 3.67. The molecular formula is C26H32N2O3. The Hall–Kier alpha value is -2.82. The van der Waals surface area contributed by atoms with Gasteiger partial charge in [-0.3, -0.25) is 9.59 Å². The number of methoxy groups -OCH3 is 1. The van der Waals surface area contributed by atoms with Crippen LogP contribution in [0.4, 0.5) is 0 Å². The third-order valence-corrected chi connectivity index (χ3v) is 6.45. The third kappa shape index (κ3) is 5.66. The molecule has 0 atom stereocenters. The minimum Gasteiger partial charge on any atom is -0.497 e. The van der Waals surface area contributed by atoms with E-state index in [1.807, 2.05) is 47.4 Å². The van der Waals surface area contributed by atoms with Gasteiger partial charge < -0.3 is 14.5 Å². The van der Waals surface area contributed by atoms with Gasteiger partial charge in [-0.05, 0) is 55.4 Å². The summed E-state index contributed by atoms with van der Waals surface area (Å²) in [5.41, 5.74) is 2.33. The largest absolute Gasteiger partial charge is 0.497 e. The van der Waals surface area contributed by atoms with Crippen molar-refractivity contribution in [3.63, 3.8) is 0 Å². The second-order valence-corrected chi connectivity index (χ2v) is 8.69. The van der Waals surface area contributed by atoms with Gasteiger partial charge in [0, 0.05) is 38.0 Å². The van der Waals surface area contributed by atoms with Crippen LogP contribution >= 0.6 is 0 Å². The Morgan fingerprint density at radius 1 is 0.935 bits per heavy atom. The first-order chi connectivity index (χ1) is 15.1. The number of amides is 2. The number of hydrogen-bond acceptors (Lipinski definition) is 3. The number of rotatable bonds is 8. The quantitative estimate of drug-likeness (QED) is 0.647. The number of hydrogen-bond donors (Lipinski definition) is 0. The number of carbonyl (C=O) groups is 2. The molecule has 1 aliphatic heterocycles. The van der Waals surface area contributed by atoms with Crippen LogP contribution in [0.25, 0.3) is 0 Å². The van der Waals surface area contributed by atoms with Crippen LogP contribution in [0.5, 0.6) is 5.75 Å². The van der Waals surface area contributed by atoms with Crippen molar-refractivity contribution in [1.82, 2.24) is 9.80 Å². The van der Waals surface area contributed by atoms with Gasteiger partial charge in [-0.1, -0.05) is 42.5 Å². The summed E-state index contributed by atoms with van der Waals surface area (Å²) in [5.74, 6) is 1.32. The molecule has 2 fully saturated rings. The zero-order valence-electron chi connectivity index (χ0n) is 18.3. The smallest absolute Gasteiger partial charge is 0.226 e. The fourth-order valence-corrected chi connectivity index (χ4v) is 4.37. The maximum Gasteiger partial charge on any atom is 0.226 e. The lowest BCUT2D eigenvalue weighted by molar-refractivity contribution is -0.141. The molecule has 31 heavy (non-hydrogen) atoms. The Labute approximate surface area is 185 Å². The lowest BCUT2D eigenvalue weighted by Crippen LogP contribution is -2.45. The van der Waals surface area contributed by atoms with Gasteiger partial charge in [0.15, 0.2) is 0 Å². The molecule has 164 valence electrons. The van der Waals surface area contributed by atoms with E-state index < -0.39 is 0 Å². The summed E-state index contributed by atoms with van der Waals surface area (Å²) in [6.45, 7) is 2.03. The molecule has 1 saturated heterocycles. The molecule has 4 rings (SSSR count). The first kappa shape index (κ1) is 21.4. The molecule has 2 aliphatic rings. The predicted molar refractivity (Wildman–Crippen MR) is 121 cm³/mol. The molecule has 2 aromatic carbocycles. The summed E-state index contributed by atoms with van der Waals surface area (Å²) >= 11 is 0. The van der Waals surface area contributed by atoms with Crippen LogP contribution in [0.15, 0.2) is 54.6 Å². The molecule has 0 radical (unpaired) electrons. The minimum atomic E-state index is 0.0250. The highest BCUT2D eigenvalue weighted by molar-refractivity contribution is 5.81. The standard InChI is InChI=1S/C26H32N2O3/c1-31-24-12-7-21(8-13-24)19-28(23-10-11-23)26(30)22-15-17-27(18-16-22)25(29)14-9-20-5-3-2-4-6-20/h2-8,12-13,22-23H,9-11,14-19H2,1H3. The summed E-state index contributed by atoms with van der Waals surface area (Å²) in [6, 6.07) is 18.5. The van der Waals surface area contributed by atoms with E-state index in [1.54, 1.807) is 7.11 Å².